The molecule has 0 radical (unpaired) electrons. The molecule has 3 amide bonds. The van der Waals surface area contributed by atoms with Crippen molar-refractivity contribution in [2.75, 3.05) is 18.4 Å². The van der Waals surface area contributed by atoms with Gasteiger partial charge in [-0.15, -0.1) is 0 Å². The van der Waals surface area contributed by atoms with E-state index in [1.54, 1.807) is 12.1 Å². The number of carbonyl (C=O) groups is 2. The first-order valence-electron chi connectivity index (χ1n) is 10.3. The fraction of sp³-hybridized carbons (Fsp3) is 0.391. The predicted octanol–water partition coefficient (Wildman–Crippen LogP) is 4.13. The number of nitrogens with one attached hydrogen (secondary N) is 2. The van der Waals surface area contributed by atoms with E-state index in [1.165, 1.54) is 12.1 Å². The van der Waals surface area contributed by atoms with Crippen molar-refractivity contribution in [3.63, 3.8) is 0 Å². The number of likely N-dealkylation sites (tertiary alicyclic amines) is 1. The molecule has 1 aliphatic heterocycles. The second-order valence-electron chi connectivity index (χ2n) is 7.93. The lowest BCUT2D eigenvalue weighted by atomic mass is 9.88. The number of nitrogens with zero attached hydrogens (tertiary/aromatic N) is 1. The van der Waals surface area contributed by atoms with Crippen LogP contribution in [-0.4, -0.2) is 36.0 Å². The maximum Gasteiger partial charge on any atom is 0.319 e. The normalized spacial score (nSPS) is 23.8. The zero-order valence-electron chi connectivity index (χ0n) is 16.3. The van der Waals surface area contributed by atoms with Gasteiger partial charge < -0.3 is 15.5 Å². The van der Waals surface area contributed by atoms with Gasteiger partial charge in [0.15, 0.2) is 0 Å². The largest absolute Gasteiger partial charge is 0.342 e. The van der Waals surface area contributed by atoms with Crippen LogP contribution in [0, 0.1) is 11.7 Å². The van der Waals surface area contributed by atoms with Crippen LogP contribution in [0.25, 0.3) is 0 Å². The van der Waals surface area contributed by atoms with Gasteiger partial charge in [-0.25, -0.2) is 9.18 Å². The Morgan fingerprint density at radius 3 is 2.31 bits per heavy atom. The summed E-state index contributed by atoms with van der Waals surface area (Å²) in [5, 5.41) is 5.85. The summed E-state index contributed by atoms with van der Waals surface area (Å²) in [4.78, 5) is 27.5. The number of carbonyl (C=O) groups excluding carboxylic acids is 2. The van der Waals surface area contributed by atoms with Crippen LogP contribution in [0.2, 0.25) is 0 Å². The van der Waals surface area contributed by atoms with Crippen molar-refractivity contribution in [1.82, 2.24) is 10.2 Å². The van der Waals surface area contributed by atoms with Gasteiger partial charge in [-0.1, -0.05) is 30.3 Å². The standard InChI is InChI=1S/C23H26FN3O2/c24-17-10-8-16(9-11-17)20-14-19(15-21(20)22(28)27-12-4-5-13-27)26-23(29)25-18-6-2-1-3-7-18/h1-3,6-11,19-21H,4-5,12-15H2,(H2,25,26,29)/t19-,20+,21-/m0/s1. The number of amides is 3. The molecular formula is C23H26FN3O2. The Labute approximate surface area is 170 Å². The molecule has 29 heavy (non-hydrogen) atoms. The lowest BCUT2D eigenvalue weighted by Gasteiger charge is -2.24. The molecule has 1 aliphatic carbocycles. The quantitative estimate of drug-likeness (QED) is 0.818. The molecule has 0 aromatic heterocycles. The van der Waals surface area contributed by atoms with Gasteiger partial charge in [-0.2, -0.15) is 0 Å². The molecule has 0 unspecified atom stereocenters. The highest BCUT2D eigenvalue weighted by molar-refractivity contribution is 5.89. The van der Waals surface area contributed by atoms with Crippen molar-refractivity contribution in [3.05, 3.63) is 66.0 Å². The van der Waals surface area contributed by atoms with Crippen LogP contribution in [0.4, 0.5) is 14.9 Å². The van der Waals surface area contributed by atoms with Crippen LogP contribution in [0.5, 0.6) is 0 Å². The van der Waals surface area contributed by atoms with Gasteiger partial charge in [-0.05, 0) is 61.4 Å². The van der Waals surface area contributed by atoms with Crippen molar-refractivity contribution in [2.24, 2.45) is 5.92 Å². The number of hydrogen-bond donors (Lipinski definition) is 2. The van der Waals surface area contributed by atoms with Crippen LogP contribution in [-0.2, 0) is 4.79 Å². The summed E-state index contributed by atoms with van der Waals surface area (Å²) in [5.41, 5.74) is 1.68. The molecule has 3 atom stereocenters. The van der Waals surface area contributed by atoms with Gasteiger partial charge in [-0.3, -0.25) is 4.79 Å². The van der Waals surface area contributed by atoms with Gasteiger partial charge >= 0.3 is 6.03 Å². The summed E-state index contributed by atoms with van der Waals surface area (Å²) in [6, 6.07) is 15.3. The van der Waals surface area contributed by atoms with Crippen molar-refractivity contribution in [1.29, 1.82) is 0 Å². The molecule has 1 heterocycles. The molecular weight excluding hydrogens is 369 g/mol. The number of hydrogen-bond acceptors (Lipinski definition) is 2. The number of halogens is 1. The molecule has 2 aromatic rings. The Kier molecular flexibility index (Phi) is 5.79. The smallest absolute Gasteiger partial charge is 0.319 e. The van der Waals surface area contributed by atoms with Crippen LogP contribution >= 0.6 is 0 Å². The summed E-state index contributed by atoms with van der Waals surface area (Å²) in [5.74, 6) is -0.345. The Morgan fingerprint density at radius 2 is 1.62 bits per heavy atom. The van der Waals surface area contributed by atoms with Gasteiger partial charge in [0, 0.05) is 30.7 Å². The molecule has 6 heteroatoms. The van der Waals surface area contributed by atoms with E-state index < -0.39 is 0 Å². The average molecular weight is 395 g/mol. The first-order chi connectivity index (χ1) is 14.1. The number of para-hydroxylation sites is 1. The molecule has 0 bridgehead atoms. The minimum absolute atomic E-state index is 0.0225. The Balaban J connectivity index is 1.47. The molecule has 2 fully saturated rings. The van der Waals surface area contributed by atoms with Crippen molar-refractivity contribution in [3.8, 4) is 0 Å². The zero-order valence-corrected chi connectivity index (χ0v) is 16.3. The maximum atomic E-state index is 13.4. The third-order valence-corrected chi connectivity index (χ3v) is 5.96. The average Bonchev–Trinajstić information content (AvgIpc) is 3.39. The lowest BCUT2D eigenvalue weighted by Crippen LogP contribution is -2.38. The van der Waals surface area contributed by atoms with Crippen molar-refractivity contribution in [2.45, 2.75) is 37.6 Å². The van der Waals surface area contributed by atoms with E-state index in [9.17, 15) is 14.0 Å². The van der Waals surface area contributed by atoms with E-state index in [0.717, 1.165) is 37.2 Å². The number of urea groups is 1. The highest BCUT2D eigenvalue weighted by atomic mass is 19.1. The fourth-order valence-corrected chi connectivity index (χ4v) is 4.55. The topological polar surface area (TPSA) is 61.4 Å². The Morgan fingerprint density at radius 1 is 0.931 bits per heavy atom. The number of anilines is 1. The van der Waals surface area contributed by atoms with Crippen LogP contribution in [0.1, 0.15) is 37.2 Å². The molecule has 5 nitrogen and oxygen atoms in total. The summed E-state index contributed by atoms with van der Waals surface area (Å²) < 4.78 is 13.4. The molecule has 2 aliphatic rings. The van der Waals surface area contributed by atoms with Crippen molar-refractivity contribution < 1.29 is 14.0 Å². The van der Waals surface area contributed by atoms with Crippen LogP contribution in [0.15, 0.2) is 54.6 Å². The molecule has 1 saturated heterocycles. The highest BCUT2D eigenvalue weighted by Gasteiger charge is 2.42. The number of benzene rings is 2. The third kappa shape index (κ3) is 4.58. The summed E-state index contributed by atoms with van der Waals surface area (Å²) >= 11 is 0. The molecule has 1 saturated carbocycles. The molecule has 152 valence electrons. The fourth-order valence-electron chi connectivity index (χ4n) is 4.55. The summed E-state index contributed by atoms with van der Waals surface area (Å²) in [6.45, 7) is 1.61. The van der Waals surface area contributed by atoms with Gasteiger partial charge in [0.25, 0.3) is 0 Å². The molecule has 2 aromatic carbocycles. The highest BCUT2D eigenvalue weighted by Crippen LogP contribution is 2.41. The van der Waals surface area contributed by atoms with E-state index in [0.29, 0.717) is 12.8 Å². The van der Waals surface area contributed by atoms with Gasteiger partial charge in [0.1, 0.15) is 5.82 Å². The maximum absolute atomic E-state index is 13.4. The summed E-state index contributed by atoms with van der Waals surface area (Å²) in [6.07, 6.45) is 3.35. The van der Waals surface area contributed by atoms with E-state index in [1.807, 2.05) is 35.2 Å². The zero-order chi connectivity index (χ0) is 20.2. The minimum atomic E-state index is -0.286. The van der Waals surface area contributed by atoms with E-state index in [2.05, 4.69) is 10.6 Å². The van der Waals surface area contributed by atoms with E-state index >= 15 is 0 Å². The Bertz CT molecular complexity index is 850. The lowest BCUT2D eigenvalue weighted by molar-refractivity contribution is -0.134. The van der Waals surface area contributed by atoms with Crippen LogP contribution < -0.4 is 10.6 Å². The van der Waals surface area contributed by atoms with Gasteiger partial charge in [0.05, 0.1) is 0 Å². The van der Waals surface area contributed by atoms with Crippen LogP contribution in [0.3, 0.4) is 0 Å². The molecule has 0 spiro atoms. The predicted molar refractivity (Wildman–Crippen MR) is 110 cm³/mol. The molecule has 4 rings (SSSR count). The summed E-state index contributed by atoms with van der Waals surface area (Å²) in [7, 11) is 0. The first kappa shape index (κ1) is 19.4. The second-order valence-corrected chi connectivity index (χ2v) is 7.93. The Hall–Kier alpha value is -2.89. The van der Waals surface area contributed by atoms with E-state index in [4.69, 9.17) is 0 Å². The van der Waals surface area contributed by atoms with Crippen molar-refractivity contribution >= 4 is 17.6 Å². The second kappa shape index (κ2) is 8.64. The van der Waals surface area contributed by atoms with E-state index in [-0.39, 0.29) is 35.6 Å². The third-order valence-electron chi connectivity index (χ3n) is 5.96. The van der Waals surface area contributed by atoms with Gasteiger partial charge in [0.2, 0.25) is 5.91 Å². The first-order valence-corrected chi connectivity index (χ1v) is 10.3. The SMILES string of the molecule is O=C(Nc1ccccc1)N[C@@H]1C[C@H](C(=O)N2CCCC2)[C@@H](c2ccc(F)cc2)C1. The number of rotatable bonds is 4. The monoisotopic (exact) mass is 395 g/mol. The minimum Gasteiger partial charge on any atom is -0.342 e. The molecule has 2 N–H and O–H groups in total.